The number of rotatable bonds is 0. The lowest BCUT2D eigenvalue weighted by molar-refractivity contribution is 0.0802. The third-order valence-electron chi connectivity index (χ3n) is 0.741. The van der Waals surface area contributed by atoms with Gasteiger partial charge in [0, 0.05) is 12.4 Å². The Balaban J connectivity index is 0.000000223. The highest BCUT2D eigenvalue weighted by Crippen LogP contribution is 1.74. The summed E-state index contributed by atoms with van der Waals surface area (Å²) in [5.41, 5.74) is 0. The zero-order valence-corrected chi connectivity index (χ0v) is 6.45. The highest BCUT2D eigenvalue weighted by Gasteiger charge is 2.01. The topological polar surface area (TPSA) is 96.7 Å². The van der Waals surface area contributed by atoms with Gasteiger partial charge in [-0.2, -0.15) is 0 Å². The second-order valence-electron chi connectivity index (χ2n) is 1.66. The summed E-state index contributed by atoms with van der Waals surface area (Å²) in [6, 6.07) is 5.72. The molecule has 0 amide bonds. The van der Waals surface area contributed by atoms with E-state index in [1.54, 1.807) is 12.4 Å². The molecule has 0 unspecified atom stereocenters. The molecule has 0 atom stereocenters. The van der Waals surface area contributed by atoms with Gasteiger partial charge in [0.25, 0.3) is 0 Å². The number of carboxylic acid groups (broad SMARTS) is 2. The van der Waals surface area contributed by atoms with Crippen LogP contribution < -0.4 is 0 Å². The van der Waals surface area contributed by atoms with E-state index in [1.807, 2.05) is 18.2 Å². The van der Waals surface area contributed by atoms with E-state index in [0.717, 1.165) is 0 Å². The van der Waals surface area contributed by atoms with Crippen molar-refractivity contribution in [2.45, 2.75) is 0 Å². The van der Waals surface area contributed by atoms with Crippen LogP contribution in [0.25, 0.3) is 0 Å². The summed E-state index contributed by atoms with van der Waals surface area (Å²) in [7, 11) is 0. The van der Waals surface area contributed by atoms with Crippen LogP contribution in [0.3, 0.4) is 0 Å². The molecule has 0 spiro atoms. The summed E-state index contributed by atoms with van der Waals surface area (Å²) >= 11 is 0. The number of nitrogens with zero attached hydrogens (tertiary/aromatic N) is 1. The molecule has 1 aromatic heterocycles. The molecule has 0 aliphatic heterocycles. The Kier molecular flexibility index (Phi) is 5.52. The molecule has 6 nitrogen and oxygen atoms in total. The Morgan fingerprint density at radius 1 is 1.00 bits per heavy atom. The van der Waals surface area contributed by atoms with E-state index in [9.17, 15) is 9.59 Å². The number of carbonyl (C=O) groups is 2. The largest absolute Gasteiger partial charge is 0.516 e. The monoisotopic (exact) mass is 185 g/mol. The normalized spacial score (nSPS) is 7.69. The van der Waals surface area contributed by atoms with Crippen molar-refractivity contribution in [1.29, 1.82) is 0 Å². The molecule has 0 aliphatic rings. The van der Waals surface area contributed by atoms with Crippen molar-refractivity contribution in [3.8, 4) is 0 Å². The van der Waals surface area contributed by atoms with Crippen LogP contribution in [0.4, 0.5) is 9.59 Å². The van der Waals surface area contributed by atoms with Gasteiger partial charge in [-0.1, -0.05) is 6.07 Å². The van der Waals surface area contributed by atoms with Crippen LogP contribution in [0.1, 0.15) is 0 Å². The smallest absolute Gasteiger partial charge is 0.449 e. The van der Waals surface area contributed by atoms with Crippen molar-refractivity contribution in [2.24, 2.45) is 0 Å². The molecule has 1 aromatic rings. The summed E-state index contributed by atoms with van der Waals surface area (Å²) in [5, 5.41) is 15.0. The SMILES string of the molecule is O=C(O)OC(=O)O.c1ccncc1. The van der Waals surface area contributed by atoms with Crippen molar-refractivity contribution in [1.82, 2.24) is 4.98 Å². The lowest BCUT2D eigenvalue weighted by atomic mass is 10.5. The van der Waals surface area contributed by atoms with Gasteiger partial charge in [0.05, 0.1) is 0 Å². The molecular weight excluding hydrogens is 178 g/mol. The molecule has 0 saturated carbocycles. The second-order valence-corrected chi connectivity index (χ2v) is 1.66. The first kappa shape index (κ1) is 10.9. The number of pyridine rings is 1. The van der Waals surface area contributed by atoms with E-state index in [4.69, 9.17) is 10.2 Å². The van der Waals surface area contributed by atoms with E-state index in [1.165, 1.54) is 0 Å². The molecule has 0 saturated heterocycles. The third-order valence-corrected chi connectivity index (χ3v) is 0.741. The number of aromatic nitrogens is 1. The minimum Gasteiger partial charge on any atom is -0.449 e. The summed E-state index contributed by atoms with van der Waals surface area (Å²) in [6.07, 6.45) is -0.125. The van der Waals surface area contributed by atoms with Gasteiger partial charge in [0.1, 0.15) is 0 Å². The minimum atomic E-state index is -1.81. The summed E-state index contributed by atoms with van der Waals surface area (Å²) in [6.45, 7) is 0. The molecular formula is C7H7NO5. The van der Waals surface area contributed by atoms with Crippen molar-refractivity contribution in [3.63, 3.8) is 0 Å². The standard InChI is InChI=1S/C5H5N.C2H2O5/c1-2-4-6-5-3-1;3-1(4)7-2(5)6/h1-5H;(H,3,4)(H,5,6). The van der Waals surface area contributed by atoms with E-state index in [2.05, 4.69) is 9.72 Å². The summed E-state index contributed by atoms with van der Waals surface area (Å²) in [5.74, 6) is 0. The Labute approximate surface area is 73.4 Å². The van der Waals surface area contributed by atoms with Crippen LogP contribution in [0.2, 0.25) is 0 Å². The van der Waals surface area contributed by atoms with E-state index >= 15 is 0 Å². The Hall–Kier alpha value is -2.11. The maximum atomic E-state index is 9.21. The minimum absolute atomic E-state index is 1.75. The average Bonchev–Trinajstić information content (AvgIpc) is 2.06. The first-order valence-corrected chi connectivity index (χ1v) is 3.11. The second kappa shape index (κ2) is 6.59. The van der Waals surface area contributed by atoms with E-state index in [-0.39, 0.29) is 0 Å². The maximum absolute atomic E-state index is 9.21. The Bertz CT molecular complexity index is 222. The number of ether oxygens (including phenoxy) is 1. The molecule has 1 heterocycles. The van der Waals surface area contributed by atoms with Gasteiger partial charge in [0.2, 0.25) is 0 Å². The first-order valence-electron chi connectivity index (χ1n) is 3.11. The fourth-order valence-electron chi connectivity index (χ4n) is 0.387. The van der Waals surface area contributed by atoms with Gasteiger partial charge in [0.15, 0.2) is 0 Å². The summed E-state index contributed by atoms with van der Waals surface area (Å²) < 4.78 is 3.08. The molecule has 2 N–H and O–H groups in total. The molecule has 0 bridgehead atoms. The van der Waals surface area contributed by atoms with Crippen LogP contribution in [-0.4, -0.2) is 27.5 Å². The Morgan fingerprint density at radius 2 is 1.46 bits per heavy atom. The zero-order chi connectivity index (χ0) is 10.1. The maximum Gasteiger partial charge on any atom is 0.516 e. The first-order chi connectivity index (χ1) is 6.13. The van der Waals surface area contributed by atoms with Crippen molar-refractivity contribution in [2.75, 3.05) is 0 Å². The molecule has 13 heavy (non-hydrogen) atoms. The van der Waals surface area contributed by atoms with Gasteiger partial charge in [-0.05, 0) is 12.1 Å². The molecule has 0 fully saturated rings. The highest BCUT2D eigenvalue weighted by molar-refractivity contribution is 5.74. The molecule has 0 radical (unpaired) electrons. The lowest BCUT2D eigenvalue weighted by Crippen LogP contribution is -2.05. The van der Waals surface area contributed by atoms with Crippen molar-refractivity contribution < 1.29 is 24.5 Å². The van der Waals surface area contributed by atoms with Crippen LogP contribution in [0.5, 0.6) is 0 Å². The average molecular weight is 185 g/mol. The van der Waals surface area contributed by atoms with Crippen LogP contribution >= 0.6 is 0 Å². The van der Waals surface area contributed by atoms with E-state index in [0.29, 0.717) is 0 Å². The van der Waals surface area contributed by atoms with Crippen molar-refractivity contribution in [3.05, 3.63) is 30.6 Å². The summed E-state index contributed by atoms with van der Waals surface area (Å²) in [4.78, 5) is 22.2. The van der Waals surface area contributed by atoms with Crippen LogP contribution in [0.15, 0.2) is 30.6 Å². The van der Waals surface area contributed by atoms with Gasteiger partial charge in [-0.25, -0.2) is 9.59 Å². The van der Waals surface area contributed by atoms with Gasteiger partial charge < -0.3 is 14.9 Å². The molecule has 70 valence electrons. The van der Waals surface area contributed by atoms with Crippen molar-refractivity contribution >= 4 is 12.3 Å². The molecule has 0 aliphatic carbocycles. The van der Waals surface area contributed by atoms with Gasteiger partial charge in [-0.3, -0.25) is 4.98 Å². The zero-order valence-electron chi connectivity index (χ0n) is 6.45. The van der Waals surface area contributed by atoms with Crippen LogP contribution in [-0.2, 0) is 4.74 Å². The predicted molar refractivity (Wildman–Crippen MR) is 41.4 cm³/mol. The number of hydrogen-bond donors (Lipinski definition) is 2. The molecule has 0 aromatic carbocycles. The van der Waals surface area contributed by atoms with Gasteiger partial charge in [-0.15, -0.1) is 0 Å². The van der Waals surface area contributed by atoms with E-state index < -0.39 is 12.3 Å². The fourth-order valence-corrected chi connectivity index (χ4v) is 0.387. The molecule has 6 heteroatoms. The van der Waals surface area contributed by atoms with Gasteiger partial charge >= 0.3 is 12.3 Å². The highest BCUT2D eigenvalue weighted by atomic mass is 16.7. The van der Waals surface area contributed by atoms with Crippen LogP contribution in [0, 0.1) is 0 Å². The lowest BCUT2D eigenvalue weighted by Gasteiger charge is -1.84. The fraction of sp³-hybridized carbons (Fsp3) is 0. The third kappa shape index (κ3) is 9.89. The quantitative estimate of drug-likeness (QED) is 0.468. The predicted octanol–water partition coefficient (Wildman–Crippen LogP) is 1.44. The Morgan fingerprint density at radius 3 is 1.54 bits per heavy atom. The number of hydrogen-bond acceptors (Lipinski definition) is 4. The molecule has 1 rings (SSSR count).